The van der Waals surface area contributed by atoms with Crippen LogP contribution in [0.4, 0.5) is 0 Å². The van der Waals surface area contributed by atoms with Crippen molar-refractivity contribution in [1.29, 1.82) is 0 Å². The third-order valence-electron chi connectivity index (χ3n) is 3.60. The predicted molar refractivity (Wildman–Crippen MR) is 115 cm³/mol. The number of aliphatic imine (C=N–C) groups is 1. The van der Waals surface area contributed by atoms with Crippen LogP contribution < -0.4 is 5.32 Å². The standard InChI is InChI=1S/C16H28N4S2.HI/c1-5-13-11-19-14(22-13)7-8-18-15(17-6-2)20-9-10-21-16(3,4)12-20;/h11H,5-10,12H2,1-4H3,(H,17,18);1H. The Labute approximate surface area is 166 Å². The van der Waals surface area contributed by atoms with Crippen molar-refractivity contribution in [2.24, 2.45) is 4.99 Å². The maximum atomic E-state index is 4.82. The Hall–Kier alpha value is -0.0200. The molecule has 0 aromatic carbocycles. The van der Waals surface area contributed by atoms with Gasteiger partial charge in [0.1, 0.15) is 0 Å². The van der Waals surface area contributed by atoms with Gasteiger partial charge in [0.25, 0.3) is 0 Å². The van der Waals surface area contributed by atoms with Crippen LogP contribution in [0.25, 0.3) is 0 Å². The Bertz CT molecular complexity index is 502. The van der Waals surface area contributed by atoms with E-state index in [9.17, 15) is 0 Å². The van der Waals surface area contributed by atoms with Gasteiger partial charge in [-0.1, -0.05) is 6.92 Å². The van der Waals surface area contributed by atoms with Crippen molar-refractivity contribution < 1.29 is 0 Å². The van der Waals surface area contributed by atoms with E-state index in [1.165, 1.54) is 15.6 Å². The maximum Gasteiger partial charge on any atom is 0.193 e. The molecule has 1 fully saturated rings. The molecular weight excluding hydrogens is 439 g/mol. The lowest BCUT2D eigenvalue weighted by atomic mass is 10.2. The summed E-state index contributed by atoms with van der Waals surface area (Å²) in [6, 6.07) is 0. The van der Waals surface area contributed by atoms with Crippen molar-refractivity contribution in [3.8, 4) is 0 Å². The van der Waals surface area contributed by atoms with E-state index < -0.39 is 0 Å². The minimum atomic E-state index is 0. The fourth-order valence-corrected chi connectivity index (χ4v) is 4.47. The van der Waals surface area contributed by atoms with Crippen molar-refractivity contribution >= 4 is 53.0 Å². The van der Waals surface area contributed by atoms with E-state index in [-0.39, 0.29) is 24.0 Å². The molecule has 1 aliphatic heterocycles. The second-order valence-electron chi connectivity index (χ2n) is 6.09. The van der Waals surface area contributed by atoms with Gasteiger partial charge in [-0.3, -0.25) is 4.99 Å². The lowest BCUT2D eigenvalue weighted by Gasteiger charge is -2.39. The van der Waals surface area contributed by atoms with Gasteiger partial charge in [0, 0.05) is 54.2 Å². The van der Waals surface area contributed by atoms with Crippen LogP contribution in [0.1, 0.15) is 37.6 Å². The van der Waals surface area contributed by atoms with Gasteiger partial charge in [-0.05, 0) is 27.2 Å². The molecule has 7 heteroatoms. The topological polar surface area (TPSA) is 40.5 Å². The molecule has 0 amide bonds. The monoisotopic (exact) mass is 468 g/mol. The second-order valence-corrected chi connectivity index (χ2v) is 9.09. The predicted octanol–water partition coefficient (Wildman–Crippen LogP) is 3.66. The minimum Gasteiger partial charge on any atom is -0.357 e. The highest BCUT2D eigenvalue weighted by Crippen LogP contribution is 2.29. The Morgan fingerprint density at radius 3 is 2.83 bits per heavy atom. The van der Waals surface area contributed by atoms with Gasteiger partial charge >= 0.3 is 0 Å². The molecule has 4 nitrogen and oxygen atoms in total. The molecule has 0 bridgehead atoms. The van der Waals surface area contributed by atoms with Crippen LogP contribution in [0, 0.1) is 0 Å². The zero-order valence-corrected chi connectivity index (χ0v) is 18.6. The Kier molecular flexibility index (Phi) is 9.21. The van der Waals surface area contributed by atoms with Gasteiger partial charge in [-0.2, -0.15) is 11.8 Å². The molecule has 1 saturated heterocycles. The summed E-state index contributed by atoms with van der Waals surface area (Å²) >= 11 is 3.87. The van der Waals surface area contributed by atoms with Gasteiger partial charge in [0.15, 0.2) is 5.96 Å². The average Bonchev–Trinajstić information content (AvgIpc) is 2.93. The van der Waals surface area contributed by atoms with E-state index in [0.29, 0.717) is 4.75 Å². The van der Waals surface area contributed by atoms with Crippen LogP contribution in [-0.4, -0.2) is 52.5 Å². The summed E-state index contributed by atoms with van der Waals surface area (Å²) in [6.07, 6.45) is 4.01. The molecule has 1 aromatic heterocycles. The van der Waals surface area contributed by atoms with Crippen molar-refractivity contribution in [3.05, 3.63) is 16.1 Å². The van der Waals surface area contributed by atoms with E-state index in [0.717, 1.165) is 45.0 Å². The first-order valence-electron chi connectivity index (χ1n) is 8.15. The maximum absolute atomic E-state index is 4.82. The number of guanidine groups is 1. The van der Waals surface area contributed by atoms with Crippen LogP contribution in [0.5, 0.6) is 0 Å². The highest BCUT2D eigenvalue weighted by Gasteiger charge is 2.28. The first-order chi connectivity index (χ1) is 10.5. The highest BCUT2D eigenvalue weighted by atomic mass is 127. The summed E-state index contributed by atoms with van der Waals surface area (Å²) in [4.78, 5) is 13.1. The molecule has 1 N–H and O–H groups in total. The number of hydrogen-bond acceptors (Lipinski definition) is 4. The molecule has 0 radical (unpaired) electrons. The van der Waals surface area contributed by atoms with E-state index in [1.54, 1.807) is 0 Å². The molecule has 0 atom stereocenters. The molecule has 0 unspecified atom stereocenters. The average molecular weight is 468 g/mol. The van der Waals surface area contributed by atoms with Crippen LogP contribution in [0.2, 0.25) is 0 Å². The van der Waals surface area contributed by atoms with Gasteiger partial charge in [-0.25, -0.2) is 4.98 Å². The quantitative estimate of drug-likeness (QED) is 0.407. The van der Waals surface area contributed by atoms with Gasteiger partial charge in [-0.15, -0.1) is 35.3 Å². The normalized spacial score (nSPS) is 17.7. The fourth-order valence-electron chi connectivity index (χ4n) is 2.51. The van der Waals surface area contributed by atoms with Crippen LogP contribution in [0.15, 0.2) is 11.2 Å². The number of aryl methyl sites for hydroxylation is 1. The van der Waals surface area contributed by atoms with Crippen LogP contribution in [0.3, 0.4) is 0 Å². The second kappa shape index (κ2) is 10.1. The van der Waals surface area contributed by atoms with E-state index in [2.05, 4.69) is 54.7 Å². The van der Waals surface area contributed by atoms with Crippen molar-refractivity contribution in [1.82, 2.24) is 15.2 Å². The van der Waals surface area contributed by atoms with Crippen molar-refractivity contribution in [3.63, 3.8) is 0 Å². The summed E-state index contributed by atoms with van der Waals surface area (Å²) in [6.45, 7) is 12.8. The summed E-state index contributed by atoms with van der Waals surface area (Å²) in [5, 5.41) is 4.64. The smallest absolute Gasteiger partial charge is 0.193 e. The first-order valence-corrected chi connectivity index (χ1v) is 9.95. The van der Waals surface area contributed by atoms with Gasteiger partial charge in [0.05, 0.1) is 5.01 Å². The molecule has 0 aliphatic carbocycles. The Morgan fingerprint density at radius 2 is 2.22 bits per heavy atom. The number of aromatic nitrogens is 1. The largest absolute Gasteiger partial charge is 0.357 e. The Balaban J connectivity index is 0.00000264. The number of thiazole rings is 1. The number of nitrogens with one attached hydrogen (secondary N) is 1. The minimum absolute atomic E-state index is 0. The third kappa shape index (κ3) is 6.78. The molecular formula is C16H29IN4S2. The van der Waals surface area contributed by atoms with E-state index >= 15 is 0 Å². The molecule has 1 aliphatic rings. The Morgan fingerprint density at radius 1 is 1.43 bits per heavy atom. The van der Waals surface area contributed by atoms with E-state index in [1.807, 2.05) is 17.5 Å². The summed E-state index contributed by atoms with van der Waals surface area (Å²) < 4.78 is 0.305. The van der Waals surface area contributed by atoms with Crippen LogP contribution in [-0.2, 0) is 12.8 Å². The van der Waals surface area contributed by atoms with E-state index in [4.69, 9.17) is 4.99 Å². The molecule has 2 heterocycles. The summed E-state index contributed by atoms with van der Waals surface area (Å²) in [5.41, 5.74) is 0. The number of nitrogens with zero attached hydrogens (tertiary/aromatic N) is 3. The third-order valence-corrected chi connectivity index (χ3v) is 6.10. The number of hydrogen-bond donors (Lipinski definition) is 1. The number of halogens is 1. The van der Waals surface area contributed by atoms with Crippen molar-refractivity contribution in [2.75, 3.05) is 31.9 Å². The summed E-state index contributed by atoms with van der Waals surface area (Å²) in [7, 11) is 0. The molecule has 2 rings (SSSR count). The molecule has 1 aromatic rings. The molecule has 23 heavy (non-hydrogen) atoms. The molecule has 0 spiro atoms. The zero-order valence-electron chi connectivity index (χ0n) is 14.6. The van der Waals surface area contributed by atoms with Crippen molar-refractivity contribution in [2.45, 2.75) is 45.3 Å². The molecule has 0 saturated carbocycles. The first kappa shape index (κ1) is 21.0. The summed E-state index contributed by atoms with van der Waals surface area (Å²) in [5.74, 6) is 2.23. The highest BCUT2D eigenvalue weighted by molar-refractivity contribution is 14.0. The lowest BCUT2D eigenvalue weighted by molar-refractivity contribution is 0.376. The zero-order chi connectivity index (χ0) is 16.0. The lowest BCUT2D eigenvalue weighted by Crippen LogP contribution is -2.51. The van der Waals surface area contributed by atoms with Gasteiger partial charge < -0.3 is 10.2 Å². The van der Waals surface area contributed by atoms with Crippen LogP contribution >= 0.6 is 47.1 Å². The SMILES string of the molecule is CCNC(=NCCc1ncc(CC)s1)N1CCSC(C)(C)C1.I. The number of thioether (sulfide) groups is 1. The number of rotatable bonds is 5. The van der Waals surface area contributed by atoms with Gasteiger partial charge in [0.2, 0.25) is 0 Å². The fraction of sp³-hybridized carbons (Fsp3) is 0.750. The molecule has 132 valence electrons.